The van der Waals surface area contributed by atoms with Crippen LogP contribution in [-0.2, 0) is 9.53 Å². The highest BCUT2D eigenvalue weighted by Crippen LogP contribution is 2.30. The summed E-state index contributed by atoms with van der Waals surface area (Å²) < 4.78 is 10.9. The number of methoxy groups -OCH3 is 1. The molecule has 1 aliphatic rings. The molecule has 2 atom stereocenters. The topological polar surface area (TPSA) is 50.8 Å². The first kappa shape index (κ1) is 15.8. The number of hydrogen-bond acceptors (Lipinski definition) is 4. The number of amides is 1. The van der Waals surface area contributed by atoms with Crippen LogP contribution in [0.15, 0.2) is 24.3 Å². The molecule has 0 bridgehead atoms. The van der Waals surface area contributed by atoms with Gasteiger partial charge in [0.1, 0.15) is 11.9 Å². The van der Waals surface area contributed by atoms with Crippen molar-refractivity contribution < 1.29 is 14.3 Å². The molecule has 1 aliphatic heterocycles. The maximum Gasteiger partial charge on any atom is 0.252 e. The van der Waals surface area contributed by atoms with E-state index in [0.717, 1.165) is 24.4 Å². The van der Waals surface area contributed by atoms with Gasteiger partial charge < -0.3 is 19.7 Å². The molecule has 1 heterocycles. The first-order valence-corrected chi connectivity index (χ1v) is 7.44. The minimum Gasteiger partial charge on any atom is -0.496 e. The van der Waals surface area contributed by atoms with Crippen LogP contribution in [0.3, 0.4) is 0 Å². The SMILES string of the molecule is CCOC(C)C(=O)N1CCNCC1c1ccccc1OC. The molecule has 2 rings (SSSR count). The number of hydrogen-bond donors (Lipinski definition) is 1. The Kier molecular flexibility index (Phi) is 5.59. The molecule has 116 valence electrons. The van der Waals surface area contributed by atoms with E-state index in [1.165, 1.54) is 0 Å². The number of rotatable bonds is 5. The second-order valence-electron chi connectivity index (χ2n) is 5.09. The van der Waals surface area contributed by atoms with Gasteiger partial charge in [0.25, 0.3) is 5.91 Å². The van der Waals surface area contributed by atoms with Crippen LogP contribution >= 0.6 is 0 Å². The molecule has 1 amide bonds. The van der Waals surface area contributed by atoms with Crippen molar-refractivity contribution in [2.45, 2.75) is 26.0 Å². The Hall–Kier alpha value is -1.59. The third-order valence-electron chi connectivity index (χ3n) is 3.79. The molecule has 0 aromatic heterocycles. The van der Waals surface area contributed by atoms with E-state index < -0.39 is 6.10 Å². The van der Waals surface area contributed by atoms with Crippen molar-refractivity contribution >= 4 is 5.91 Å². The van der Waals surface area contributed by atoms with E-state index in [1.807, 2.05) is 43.0 Å². The van der Waals surface area contributed by atoms with Crippen LogP contribution in [0.4, 0.5) is 0 Å². The number of carbonyl (C=O) groups excluding carboxylic acids is 1. The molecule has 5 nitrogen and oxygen atoms in total. The smallest absolute Gasteiger partial charge is 0.252 e. The van der Waals surface area contributed by atoms with E-state index in [4.69, 9.17) is 9.47 Å². The van der Waals surface area contributed by atoms with Crippen LogP contribution in [0.1, 0.15) is 25.5 Å². The molecule has 21 heavy (non-hydrogen) atoms. The lowest BCUT2D eigenvalue weighted by atomic mass is 10.0. The van der Waals surface area contributed by atoms with E-state index in [-0.39, 0.29) is 11.9 Å². The van der Waals surface area contributed by atoms with Gasteiger partial charge >= 0.3 is 0 Å². The van der Waals surface area contributed by atoms with Crippen molar-refractivity contribution in [3.8, 4) is 5.75 Å². The van der Waals surface area contributed by atoms with Crippen molar-refractivity contribution in [1.29, 1.82) is 0 Å². The van der Waals surface area contributed by atoms with Crippen LogP contribution in [0.5, 0.6) is 5.75 Å². The lowest BCUT2D eigenvalue weighted by Gasteiger charge is -2.38. The zero-order valence-electron chi connectivity index (χ0n) is 13.0. The Morgan fingerprint density at radius 3 is 2.95 bits per heavy atom. The molecule has 0 saturated carbocycles. The molecule has 0 aliphatic carbocycles. The highest BCUT2D eigenvalue weighted by Gasteiger charge is 2.32. The number of para-hydroxylation sites is 1. The maximum atomic E-state index is 12.6. The lowest BCUT2D eigenvalue weighted by Crippen LogP contribution is -2.51. The Balaban J connectivity index is 2.24. The standard InChI is InChI=1S/C16H24N2O3/c1-4-21-12(2)16(19)18-10-9-17-11-14(18)13-7-5-6-8-15(13)20-3/h5-8,12,14,17H,4,9-11H2,1-3H3. The summed E-state index contributed by atoms with van der Waals surface area (Å²) in [5.41, 5.74) is 1.03. The van der Waals surface area contributed by atoms with Gasteiger partial charge in [-0.1, -0.05) is 18.2 Å². The average molecular weight is 292 g/mol. The molecule has 1 fully saturated rings. The van der Waals surface area contributed by atoms with Gasteiger partial charge in [0.15, 0.2) is 0 Å². The predicted octanol–water partition coefficient (Wildman–Crippen LogP) is 1.59. The number of carbonyl (C=O) groups is 1. The van der Waals surface area contributed by atoms with E-state index in [1.54, 1.807) is 7.11 Å². The molecule has 0 spiro atoms. The Labute approximate surface area is 126 Å². The minimum atomic E-state index is -0.412. The summed E-state index contributed by atoms with van der Waals surface area (Å²) in [4.78, 5) is 14.5. The van der Waals surface area contributed by atoms with Gasteiger partial charge in [-0.15, -0.1) is 0 Å². The summed E-state index contributed by atoms with van der Waals surface area (Å²) in [6.45, 7) is 6.46. The molecule has 2 unspecified atom stereocenters. The van der Waals surface area contributed by atoms with E-state index in [2.05, 4.69) is 5.32 Å². The Morgan fingerprint density at radius 1 is 1.48 bits per heavy atom. The fourth-order valence-corrected chi connectivity index (χ4v) is 2.74. The second kappa shape index (κ2) is 7.43. The Morgan fingerprint density at radius 2 is 2.24 bits per heavy atom. The zero-order valence-corrected chi connectivity index (χ0v) is 13.0. The van der Waals surface area contributed by atoms with Gasteiger partial charge in [-0.2, -0.15) is 0 Å². The van der Waals surface area contributed by atoms with E-state index >= 15 is 0 Å². The van der Waals surface area contributed by atoms with Gasteiger partial charge in [-0.05, 0) is 19.9 Å². The molecule has 5 heteroatoms. The normalized spacial score (nSPS) is 20.1. The largest absolute Gasteiger partial charge is 0.496 e. The number of piperazine rings is 1. The first-order valence-electron chi connectivity index (χ1n) is 7.44. The Bertz CT molecular complexity index is 478. The highest BCUT2D eigenvalue weighted by molar-refractivity contribution is 5.81. The summed E-state index contributed by atoms with van der Waals surface area (Å²) in [6, 6.07) is 7.83. The molecular weight excluding hydrogens is 268 g/mol. The number of nitrogens with one attached hydrogen (secondary N) is 1. The lowest BCUT2D eigenvalue weighted by molar-refractivity contribution is -0.145. The van der Waals surface area contributed by atoms with Crippen molar-refractivity contribution in [3.63, 3.8) is 0 Å². The van der Waals surface area contributed by atoms with Crippen LogP contribution in [0, 0.1) is 0 Å². The average Bonchev–Trinajstić information content (AvgIpc) is 2.54. The van der Waals surface area contributed by atoms with Crippen LogP contribution in [0.2, 0.25) is 0 Å². The molecule has 1 saturated heterocycles. The second-order valence-corrected chi connectivity index (χ2v) is 5.09. The van der Waals surface area contributed by atoms with Crippen LogP contribution in [0.25, 0.3) is 0 Å². The highest BCUT2D eigenvalue weighted by atomic mass is 16.5. The summed E-state index contributed by atoms with van der Waals surface area (Å²) >= 11 is 0. The fourth-order valence-electron chi connectivity index (χ4n) is 2.74. The van der Waals surface area contributed by atoms with Crippen LogP contribution in [-0.4, -0.2) is 50.3 Å². The first-order chi connectivity index (χ1) is 10.2. The van der Waals surface area contributed by atoms with Crippen molar-refractivity contribution in [2.75, 3.05) is 33.4 Å². The third-order valence-corrected chi connectivity index (χ3v) is 3.79. The monoisotopic (exact) mass is 292 g/mol. The summed E-state index contributed by atoms with van der Waals surface area (Å²) in [5, 5.41) is 3.35. The molecule has 1 N–H and O–H groups in total. The molecular formula is C16H24N2O3. The number of nitrogens with zero attached hydrogens (tertiary/aromatic N) is 1. The van der Waals surface area contributed by atoms with E-state index in [0.29, 0.717) is 13.2 Å². The molecule has 1 aromatic rings. The summed E-state index contributed by atoms with van der Waals surface area (Å²) in [7, 11) is 1.66. The van der Waals surface area contributed by atoms with Gasteiger partial charge in [-0.25, -0.2) is 0 Å². The summed E-state index contributed by atoms with van der Waals surface area (Å²) in [5.74, 6) is 0.849. The number of benzene rings is 1. The van der Waals surface area contributed by atoms with Crippen molar-refractivity contribution in [3.05, 3.63) is 29.8 Å². The minimum absolute atomic E-state index is 0.0229. The maximum absolute atomic E-state index is 12.6. The van der Waals surface area contributed by atoms with Crippen molar-refractivity contribution in [2.24, 2.45) is 0 Å². The van der Waals surface area contributed by atoms with Gasteiger partial charge in [0, 0.05) is 31.8 Å². The van der Waals surface area contributed by atoms with Crippen LogP contribution < -0.4 is 10.1 Å². The third kappa shape index (κ3) is 3.54. The summed E-state index contributed by atoms with van der Waals surface area (Å²) in [6.07, 6.45) is -0.412. The number of ether oxygens (including phenoxy) is 2. The predicted molar refractivity (Wildman–Crippen MR) is 81.4 cm³/mol. The molecule has 0 radical (unpaired) electrons. The van der Waals surface area contributed by atoms with Gasteiger partial charge in [0.05, 0.1) is 13.2 Å². The van der Waals surface area contributed by atoms with Gasteiger partial charge in [0.2, 0.25) is 0 Å². The van der Waals surface area contributed by atoms with Crippen molar-refractivity contribution in [1.82, 2.24) is 10.2 Å². The van der Waals surface area contributed by atoms with E-state index in [9.17, 15) is 4.79 Å². The fraction of sp³-hybridized carbons (Fsp3) is 0.562. The quantitative estimate of drug-likeness (QED) is 0.895. The molecule has 1 aromatic carbocycles. The van der Waals surface area contributed by atoms with Gasteiger partial charge in [-0.3, -0.25) is 4.79 Å². The zero-order chi connectivity index (χ0) is 15.2.